The van der Waals surface area contributed by atoms with E-state index in [1.165, 1.54) is 22.5 Å². The number of benzene rings is 3. The smallest absolute Gasteiger partial charge is 0.209 e. The van der Waals surface area contributed by atoms with Crippen LogP contribution in [0.15, 0.2) is 121 Å². The van der Waals surface area contributed by atoms with Crippen molar-refractivity contribution in [2.75, 3.05) is 7.05 Å². The summed E-state index contributed by atoms with van der Waals surface area (Å²) in [6, 6.07) is 29.3. The number of rotatable bonds is 4. The predicted molar refractivity (Wildman–Crippen MR) is 137 cm³/mol. The summed E-state index contributed by atoms with van der Waals surface area (Å²) in [6.07, 6.45) is 10.6. The van der Waals surface area contributed by atoms with Crippen molar-refractivity contribution >= 4 is 22.7 Å². The van der Waals surface area contributed by atoms with E-state index in [1.54, 1.807) is 0 Å². The molecule has 2 aliphatic heterocycles. The molecule has 5 rings (SSSR count). The number of fused-ring (bicyclic) bond motifs is 1. The number of para-hydroxylation sites is 1. The lowest BCUT2D eigenvalue weighted by molar-refractivity contribution is -0.401. The van der Waals surface area contributed by atoms with Crippen LogP contribution in [-0.4, -0.2) is 17.3 Å². The Balaban J connectivity index is 1.49. The summed E-state index contributed by atoms with van der Waals surface area (Å²) in [5.74, 6) is 1.68. The highest BCUT2D eigenvalue weighted by Crippen LogP contribution is 2.39. The van der Waals surface area contributed by atoms with Gasteiger partial charge in [-0.15, -0.1) is 0 Å². The number of hydrogen-bond acceptors (Lipinski definition) is 1. The lowest BCUT2D eigenvalue weighted by Gasteiger charge is -2.18. The van der Waals surface area contributed by atoms with E-state index >= 15 is 0 Å². The molecular formula is C31H28NO+. The molecular weight excluding hydrogens is 402 g/mol. The van der Waals surface area contributed by atoms with Crippen LogP contribution >= 0.6 is 0 Å². The van der Waals surface area contributed by atoms with E-state index in [-0.39, 0.29) is 5.41 Å². The molecule has 33 heavy (non-hydrogen) atoms. The zero-order chi connectivity index (χ0) is 22.8. The fourth-order valence-electron chi connectivity index (χ4n) is 4.68. The predicted octanol–water partition coefficient (Wildman–Crippen LogP) is 7.29. The van der Waals surface area contributed by atoms with Crippen LogP contribution in [0.2, 0.25) is 0 Å². The third-order valence-corrected chi connectivity index (χ3v) is 6.43. The van der Waals surface area contributed by atoms with Crippen molar-refractivity contribution in [3.8, 4) is 0 Å². The maximum atomic E-state index is 6.30. The van der Waals surface area contributed by atoms with Gasteiger partial charge in [0.25, 0.3) is 0 Å². The summed E-state index contributed by atoms with van der Waals surface area (Å²) >= 11 is 0. The molecule has 2 heteroatoms. The first-order valence-electron chi connectivity index (χ1n) is 11.4. The molecule has 0 fully saturated rings. The Morgan fingerprint density at radius 2 is 1.39 bits per heavy atom. The Hall–Kier alpha value is -3.91. The molecule has 2 aliphatic rings. The third kappa shape index (κ3) is 4.01. The number of nitrogens with zero attached hydrogens (tertiary/aromatic N) is 1. The lowest BCUT2D eigenvalue weighted by atomic mass is 9.81. The standard InChI is InChI=1S/C31H28NO/c1-31(2)27-18-10-11-19-28(27)32(3)30(31)20-12-17-26-21-25(23-13-6-4-7-14-23)22-29(33-26)24-15-8-5-9-16-24/h4-22H,1-3H3/q+1/b20-12+,26-17+. The minimum atomic E-state index is -0.0477. The quantitative estimate of drug-likeness (QED) is 0.396. The Morgan fingerprint density at radius 1 is 0.758 bits per heavy atom. The van der Waals surface area contributed by atoms with Crippen LogP contribution in [-0.2, 0) is 10.2 Å². The SMILES string of the molecule is C[N+]1=C(/C=C/C=C2\C=C(c3ccccc3)C=C(c3ccccc3)O2)C(C)(C)c2ccccc21. The Morgan fingerprint density at radius 3 is 2.09 bits per heavy atom. The Kier molecular flexibility index (Phi) is 5.43. The van der Waals surface area contributed by atoms with Gasteiger partial charge in [0.15, 0.2) is 5.71 Å². The van der Waals surface area contributed by atoms with Crippen LogP contribution in [0.4, 0.5) is 5.69 Å². The maximum absolute atomic E-state index is 6.30. The van der Waals surface area contributed by atoms with Crippen LogP contribution in [0.3, 0.4) is 0 Å². The van der Waals surface area contributed by atoms with Gasteiger partial charge in [-0.1, -0.05) is 84.9 Å². The third-order valence-electron chi connectivity index (χ3n) is 6.43. The average molecular weight is 431 g/mol. The summed E-state index contributed by atoms with van der Waals surface area (Å²) in [4.78, 5) is 0. The average Bonchev–Trinajstić information content (AvgIpc) is 3.05. The lowest BCUT2D eigenvalue weighted by Crippen LogP contribution is -2.26. The zero-order valence-corrected chi connectivity index (χ0v) is 19.3. The minimum absolute atomic E-state index is 0.0477. The van der Waals surface area contributed by atoms with Crippen molar-refractivity contribution < 1.29 is 9.31 Å². The summed E-state index contributed by atoms with van der Waals surface area (Å²) in [5.41, 5.74) is 7.22. The summed E-state index contributed by atoms with van der Waals surface area (Å²) in [5, 5.41) is 0. The van der Waals surface area contributed by atoms with Gasteiger partial charge in [-0.05, 0) is 43.2 Å². The molecule has 3 aromatic rings. The van der Waals surface area contributed by atoms with Crippen molar-refractivity contribution in [1.29, 1.82) is 0 Å². The molecule has 3 aromatic carbocycles. The number of allylic oxidation sites excluding steroid dienone is 6. The second-order valence-corrected chi connectivity index (χ2v) is 8.96. The van der Waals surface area contributed by atoms with Crippen LogP contribution in [0.25, 0.3) is 11.3 Å². The highest BCUT2D eigenvalue weighted by Gasteiger charge is 2.42. The van der Waals surface area contributed by atoms with E-state index in [4.69, 9.17) is 4.74 Å². The summed E-state index contributed by atoms with van der Waals surface area (Å²) in [6.45, 7) is 4.56. The molecule has 2 heterocycles. The molecule has 0 unspecified atom stereocenters. The van der Waals surface area contributed by atoms with Crippen LogP contribution in [0, 0.1) is 0 Å². The number of hydrogen-bond donors (Lipinski definition) is 0. The first-order valence-corrected chi connectivity index (χ1v) is 11.4. The molecule has 0 aliphatic carbocycles. The van der Waals surface area contributed by atoms with E-state index in [0.717, 1.165) is 22.7 Å². The van der Waals surface area contributed by atoms with Crippen molar-refractivity contribution in [1.82, 2.24) is 0 Å². The van der Waals surface area contributed by atoms with Gasteiger partial charge in [-0.3, -0.25) is 0 Å². The van der Waals surface area contributed by atoms with E-state index in [2.05, 4.69) is 117 Å². The van der Waals surface area contributed by atoms with Crippen LogP contribution < -0.4 is 0 Å². The molecule has 0 radical (unpaired) electrons. The second kappa shape index (κ2) is 8.55. The Labute approximate surface area is 196 Å². The van der Waals surface area contributed by atoms with E-state index < -0.39 is 0 Å². The van der Waals surface area contributed by atoms with Gasteiger partial charge in [0.05, 0.1) is 5.41 Å². The molecule has 0 bridgehead atoms. The molecule has 162 valence electrons. The molecule has 0 amide bonds. The van der Waals surface area contributed by atoms with Crippen molar-refractivity contribution in [3.63, 3.8) is 0 Å². The van der Waals surface area contributed by atoms with Crippen molar-refractivity contribution in [2.24, 2.45) is 0 Å². The summed E-state index contributed by atoms with van der Waals surface area (Å²) < 4.78 is 8.59. The molecule has 0 N–H and O–H groups in total. The van der Waals surface area contributed by atoms with Gasteiger partial charge in [0.1, 0.15) is 18.6 Å². The van der Waals surface area contributed by atoms with Gasteiger partial charge in [-0.25, -0.2) is 0 Å². The van der Waals surface area contributed by atoms with Gasteiger partial charge in [0, 0.05) is 23.3 Å². The molecule has 2 nitrogen and oxygen atoms in total. The van der Waals surface area contributed by atoms with E-state index in [1.807, 2.05) is 24.3 Å². The monoisotopic (exact) mass is 430 g/mol. The topological polar surface area (TPSA) is 12.2 Å². The Bertz CT molecular complexity index is 1340. The summed E-state index contributed by atoms with van der Waals surface area (Å²) in [7, 11) is 2.14. The van der Waals surface area contributed by atoms with E-state index in [0.29, 0.717) is 0 Å². The van der Waals surface area contributed by atoms with Crippen molar-refractivity contribution in [3.05, 3.63) is 138 Å². The fraction of sp³-hybridized carbons (Fsp3) is 0.129. The highest BCUT2D eigenvalue weighted by atomic mass is 16.5. The molecule has 0 saturated heterocycles. The molecule has 0 saturated carbocycles. The van der Waals surface area contributed by atoms with Gasteiger partial charge in [0.2, 0.25) is 5.69 Å². The maximum Gasteiger partial charge on any atom is 0.209 e. The minimum Gasteiger partial charge on any atom is -0.457 e. The molecule has 0 atom stereocenters. The van der Waals surface area contributed by atoms with Gasteiger partial charge < -0.3 is 4.74 Å². The molecule has 0 spiro atoms. The fourth-order valence-corrected chi connectivity index (χ4v) is 4.68. The van der Waals surface area contributed by atoms with Crippen LogP contribution in [0.5, 0.6) is 0 Å². The second-order valence-electron chi connectivity index (χ2n) is 8.96. The number of ether oxygens (including phenoxy) is 1. The highest BCUT2D eigenvalue weighted by molar-refractivity contribution is 6.03. The molecule has 0 aromatic heterocycles. The van der Waals surface area contributed by atoms with Crippen molar-refractivity contribution in [2.45, 2.75) is 19.3 Å². The van der Waals surface area contributed by atoms with Crippen LogP contribution in [0.1, 0.15) is 30.5 Å². The zero-order valence-electron chi connectivity index (χ0n) is 19.3. The first kappa shape index (κ1) is 21.0. The normalized spacial score (nSPS) is 18.2. The van der Waals surface area contributed by atoms with Gasteiger partial charge >= 0.3 is 0 Å². The first-order chi connectivity index (χ1) is 16.0. The largest absolute Gasteiger partial charge is 0.457 e. The van der Waals surface area contributed by atoms with Gasteiger partial charge in [-0.2, -0.15) is 4.58 Å². The van der Waals surface area contributed by atoms with E-state index in [9.17, 15) is 0 Å².